The third kappa shape index (κ3) is 2.05. The highest BCUT2D eigenvalue weighted by Gasteiger charge is 2.29. The number of benzene rings is 1. The summed E-state index contributed by atoms with van der Waals surface area (Å²) in [5.41, 5.74) is 7.74. The Morgan fingerprint density at radius 1 is 1.40 bits per heavy atom. The lowest BCUT2D eigenvalue weighted by Gasteiger charge is -2.19. The highest BCUT2D eigenvalue weighted by molar-refractivity contribution is 5.28. The monoisotopic (exact) mass is 207 g/mol. The topological polar surface area (TPSA) is 26.0 Å². The summed E-state index contributed by atoms with van der Waals surface area (Å²) in [5, 5.41) is 0. The zero-order chi connectivity index (χ0) is 10.8. The summed E-state index contributed by atoms with van der Waals surface area (Å²) in [6.07, 6.45) is 3.41. The van der Waals surface area contributed by atoms with Gasteiger partial charge >= 0.3 is 0 Å². The van der Waals surface area contributed by atoms with Gasteiger partial charge in [0, 0.05) is 0 Å². The van der Waals surface area contributed by atoms with E-state index in [9.17, 15) is 4.39 Å². The fraction of sp³-hybridized carbons (Fsp3) is 0.538. The first-order valence-electron chi connectivity index (χ1n) is 5.68. The Labute approximate surface area is 90.5 Å². The second-order valence-corrected chi connectivity index (χ2v) is 4.56. The number of hydrogen-bond acceptors (Lipinski definition) is 1. The van der Waals surface area contributed by atoms with Crippen LogP contribution in [0.2, 0.25) is 0 Å². The standard InChI is InChI=1S/C13H18FN/c1-9-5-6-13(14)12(7-9)11-4-2-3-10(11)8-15/h5-7,10-11H,2-4,8,15H2,1H3. The molecule has 2 N–H and O–H groups in total. The predicted molar refractivity (Wildman–Crippen MR) is 60.3 cm³/mol. The minimum absolute atomic E-state index is 0.0639. The Morgan fingerprint density at radius 3 is 2.93 bits per heavy atom. The molecule has 1 fully saturated rings. The summed E-state index contributed by atoms with van der Waals surface area (Å²) < 4.78 is 13.7. The molecule has 1 aromatic rings. The van der Waals surface area contributed by atoms with Gasteiger partial charge in [0.05, 0.1) is 0 Å². The van der Waals surface area contributed by atoms with E-state index in [4.69, 9.17) is 5.73 Å². The van der Waals surface area contributed by atoms with Gasteiger partial charge in [-0.15, -0.1) is 0 Å². The van der Waals surface area contributed by atoms with Crippen LogP contribution in [0.5, 0.6) is 0 Å². The molecular weight excluding hydrogens is 189 g/mol. The van der Waals surface area contributed by atoms with E-state index in [1.807, 2.05) is 19.1 Å². The smallest absolute Gasteiger partial charge is 0.126 e. The lowest BCUT2D eigenvalue weighted by atomic mass is 9.88. The molecule has 1 aliphatic rings. The molecule has 0 aliphatic heterocycles. The summed E-state index contributed by atoms with van der Waals surface area (Å²) in [7, 11) is 0. The minimum Gasteiger partial charge on any atom is -0.330 e. The molecule has 0 amide bonds. The predicted octanol–water partition coefficient (Wildman–Crippen LogP) is 2.98. The molecule has 82 valence electrons. The van der Waals surface area contributed by atoms with E-state index in [0.29, 0.717) is 18.4 Å². The van der Waals surface area contributed by atoms with Gasteiger partial charge in [-0.05, 0) is 49.8 Å². The van der Waals surface area contributed by atoms with Crippen LogP contribution in [-0.2, 0) is 0 Å². The molecule has 15 heavy (non-hydrogen) atoms. The van der Waals surface area contributed by atoms with Crippen LogP contribution in [0.1, 0.15) is 36.3 Å². The molecule has 1 saturated carbocycles. The van der Waals surface area contributed by atoms with Crippen molar-refractivity contribution in [2.75, 3.05) is 6.54 Å². The van der Waals surface area contributed by atoms with Crippen molar-refractivity contribution in [3.63, 3.8) is 0 Å². The Hall–Kier alpha value is -0.890. The lowest BCUT2D eigenvalue weighted by molar-refractivity contribution is 0.474. The van der Waals surface area contributed by atoms with Crippen molar-refractivity contribution in [1.82, 2.24) is 0 Å². The largest absolute Gasteiger partial charge is 0.330 e. The van der Waals surface area contributed by atoms with Gasteiger partial charge < -0.3 is 5.73 Å². The number of halogens is 1. The molecule has 0 radical (unpaired) electrons. The van der Waals surface area contributed by atoms with Gasteiger partial charge in [-0.2, -0.15) is 0 Å². The van der Waals surface area contributed by atoms with Crippen molar-refractivity contribution < 1.29 is 4.39 Å². The first kappa shape index (κ1) is 10.6. The van der Waals surface area contributed by atoms with E-state index >= 15 is 0 Å². The Bertz CT molecular complexity index is 348. The molecule has 2 rings (SSSR count). The molecule has 2 heteroatoms. The molecule has 2 unspecified atom stereocenters. The maximum Gasteiger partial charge on any atom is 0.126 e. The summed E-state index contributed by atoms with van der Waals surface area (Å²) in [4.78, 5) is 0. The zero-order valence-corrected chi connectivity index (χ0v) is 9.17. The van der Waals surface area contributed by atoms with E-state index in [0.717, 1.165) is 24.0 Å². The molecule has 1 aliphatic carbocycles. The lowest BCUT2D eigenvalue weighted by Crippen LogP contribution is -2.18. The molecule has 0 bridgehead atoms. The van der Waals surface area contributed by atoms with Gasteiger partial charge in [0.15, 0.2) is 0 Å². The SMILES string of the molecule is Cc1ccc(F)c(C2CCCC2CN)c1. The molecule has 1 nitrogen and oxygen atoms in total. The van der Waals surface area contributed by atoms with Crippen LogP contribution in [0.4, 0.5) is 4.39 Å². The average Bonchev–Trinajstić information content (AvgIpc) is 2.69. The third-order valence-corrected chi connectivity index (χ3v) is 3.51. The Balaban J connectivity index is 2.31. The summed E-state index contributed by atoms with van der Waals surface area (Å²) in [6, 6.07) is 5.38. The minimum atomic E-state index is -0.0639. The first-order valence-corrected chi connectivity index (χ1v) is 5.68. The normalized spacial score (nSPS) is 25.8. The van der Waals surface area contributed by atoms with Crippen LogP contribution in [0, 0.1) is 18.7 Å². The van der Waals surface area contributed by atoms with Crippen LogP contribution in [-0.4, -0.2) is 6.54 Å². The Kier molecular flexibility index (Phi) is 3.06. The van der Waals surface area contributed by atoms with Crippen molar-refractivity contribution in [3.05, 3.63) is 35.1 Å². The summed E-state index contributed by atoms with van der Waals surface area (Å²) in [5.74, 6) is 0.752. The second-order valence-electron chi connectivity index (χ2n) is 4.56. The van der Waals surface area contributed by atoms with Gasteiger partial charge in [0.25, 0.3) is 0 Å². The van der Waals surface area contributed by atoms with Crippen molar-refractivity contribution in [2.24, 2.45) is 11.7 Å². The van der Waals surface area contributed by atoms with E-state index in [1.54, 1.807) is 6.07 Å². The van der Waals surface area contributed by atoms with Crippen LogP contribution in [0.3, 0.4) is 0 Å². The first-order chi connectivity index (χ1) is 7.22. The molecule has 0 spiro atoms. The van der Waals surface area contributed by atoms with Crippen LogP contribution < -0.4 is 5.73 Å². The van der Waals surface area contributed by atoms with E-state index in [2.05, 4.69) is 0 Å². The number of rotatable bonds is 2. The fourth-order valence-corrected chi connectivity index (χ4v) is 2.68. The maximum absolute atomic E-state index is 13.7. The van der Waals surface area contributed by atoms with Crippen molar-refractivity contribution >= 4 is 0 Å². The molecule has 2 atom stereocenters. The van der Waals surface area contributed by atoms with Crippen LogP contribution in [0.25, 0.3) is 0 Å². The van der Waals surface area contributed by atoms with E-state index in [1.165, 1.54) is 6.42 Å². The summed E-state index contributed by atoms with van der Waals surface area (Å²) in [6.45, 7) is 2.69. The Morgan fingerprint density at radius 2 is 2.20 bits per heavy atom. The van der Waals surface area contributed by atoms with Gasteiger partial charge in [0.1, 0.15) is 5.82 Å². The van der Waals surface area contributed by atoms with Crippen molar-refractivity contribution in [1.29, 1.82) is 0 Å². The summed E-state index contributed by atoms with van der Waals surface area (Å²) >= 11 is 0. The number of hydrogen-bond donors (Lipinski definition) is 1. The van der Waals surface area contributed by atoms with Crippen molar-refractivity contribution in [2.45, 2.75) is 32.1 Å². The number of nitrogens with two attached hydrogens (primary N) is 1. The molecule has 0 heterocycles. The van der Waals surface area contributed by atoms with Gasteiger partial charge in [-0.1, -0.05) is 24.1 Å². The third-order valence-electron chi connectivity index (χ3n) is 3.51. The van der Waals surface area contributed by atoms with E-state index in [-0.39, 0.29) is 5.82 Å². The highest BCUT2D eigenvalue weighted by Crippen LogP contribution is 2.40. The molecule has 0 aromatic heterocycles. The second kappa shape index (κ2) is 4.31. The molecular formula is C13H18FN. The average molecular weight is 207 g/mol. The maximum atomic E-state index is 13.7. The molecule has 0 saturated heterocycles. The fourth-order valence-electron chi connectivity index (χ4n) is 2.68. The van der Waals surface area contributed by atoms with Crippen LogP contribution >= 0.6 is 0 Å². The zero-order valence-electron chi connectivity index (χ0n) is 9.17. The quantitative estimate of drug-likeness (QED) is 0.792. The van der Waals surface area contributed by atoms with E-state index < -0.39 is 0 Å². The number of aryl methyl sites for hydroxylation is 1. The van der Waals surface area contributed by atoms with Gasteiger partial charge in [0.2, 0.25) is 0 Å². The molecule has 1 aromatic carbocycles. The van der Waals surface area contributed by atoms with Crippen molar-refractivity contribution in [3.8, 4) is 0 Å². The van der Waals surface area contributed by atoms with Gasteiger partial charge in [-0.3, -0.25) is 0 Å². The highest BCUT2D eigenvalue weighted by atomic mass is 19.1. The van der Waals surface area contributed by atoms with Crippen LogP contribution in [0.15, 0.2) is 18.2 Å². The van der Waals surface area contributed by atoms with Gasteiger partial charge in [-0.25, -0.2) is 4.39 Å².